The molecule has 2 unspecified atom stereocenters. The number of esters is 1. The number of ether oxygens (including phenoxy) is 1. The number of nitrogens with zero attached hydrogens (tertiary/aromatic N) is 2. The minimum absolute atomic E-state index is 0.0426. The van der Waals surface area contributed by atoms with Gasteiger partial charge in [0.1, 0.15) is 6.10 Å². The number of imidazole rings is 1. The smallest absolute Gasteiger partial charge is 0.309 e. The second-order valence-electron chi connectivity index (χ2n) is 8.45. The van der Waals surface area contributed by atoms with Gasteiger partial charge in [0.15, 0.2) is 0 Å². The first-order chi connectivity index (χ1) is 15.6. The first kappa shape index (κ1) is 20.3. The molecule has 1 saturated heterocycles. The van der Waals surface area contributed by atoms with Crippen LogP contribution in [0.15, 0.2) is 72.8 Å². The minimum Gasteiger partial charge on any atom is -0.457 e. The zero-order chi connectivity index (χ0) is 22.1. The first-order valence-corrected chi connectivity index (χ1v) is 11.2. The van der Waals surface area contributed by atoms with Gasteiger partial charge < -0.3 is 14.6 Å². The van der Waals surface area contributed by atoms with Crippen LogP contribution >= 0.6 is 0 Å². The topological polar surface area (TPSA) is 56.1 Å². The van der Waals surface area contributed by atoms with Crippen molar-refractivity contribution in [3.8, 4) is 11.1 Å². The average molecular weight is 426 g/mol. The molecule has 2 atom stereocenters. The highest BCUT2D eigenvalue weighted by Crippen LogP contribution is 2.36. The molecule has 1 N–H and O–H groups in total. The molecule has 1 aliphatic rings. The number of anilines is 2. The van der Waals surface area contributed by atoms with E-state index in [9.17, 15) is 4.79 Å². The molecule has 5 rings (SSSR count). The van der Waals surface area contributed by atoms with Crippen molar-refractivity contribution in [2.45, 2.75) is 32.3 Å². The zero-order valence-electron chi connectivity index (χ0n) is 18.4. The van der Waals surface area contributed by atoms with Crippen molar-refractivity contribution in [1.82, 2.24) is 9.55 Å². The fourth-order valence-electron chi connectivity index (χ4n) is 4.45. The summed E-state index contributed by atoms with van der Waals surface area (Å²) in [4.78, 5) is 16.7. The third kappa shape index (κ3) is 3.86. The highest BCUT2D eigenvalue weighted by atomic mass is 16.6. The monoisotopic (exact) mass is 425 g/mol. The van der Waals surface area contributed by atoms with Crippen LogP contribution in [0.3, 0.4) is 0 Å². The van der Waals surface area contributed by atoms with Crippen LogP contribution < -0.4 is 5.32 Å². The minimum atomic E-state index is -0.118. The number of cyclic esters (lactones) is 1. The standard InChI is InChI=1S/C27H27N3O2/c1-3-6-21-17-25(32-26(21)31)20-11-9-18(10-12-20)19-13-15-22(16-14-19)28-27-29-23-7-4-5-8-24(23)30(27)2/h4-5,7-16,21,25H,3,6,17H2,1-2H3,(H,28,29). The number of rotatable bonds is 6. The number of carbonyl (C=O) groups is 1. The molecule has 5 nitrogen and oxygen atoms in total. The van der Waals surface area contributed by atoms with E-state index in [4.69, 9.17) is 4.74 Å². The molecule has 162 valence electrons. The summed E-state index contributed by atoms with van der Waals surface area (Å²) in [6, 6.07) is 24.8. The lowest BCUT2D eigenvalue weighted by molar-refractivity contribution is -0.144. The maximum atomic E-state index is 12.0. The number of hydrogen-bond acceptors (Lipinski definition) is 4. The van der Waals surface area contributed by atoms with Gasteiger partial charge in [-0.25, -0.2) is 4.98 Å². The van der Waals surface area contributed by atoms with Crippen molar-refractivity contribution in [1.29, 1.82) is 0 Å². The highest BCUT2D eigenvalue weighted by Gasteiger charge is 2.34. The van der Waals surface area contributed by atoms with Crippen LogP contribution in [0.4, 0.5) is 11.6 Å². The number of aromatic nitrogens is 2. The Bertz CT molecular complexity index is 1240. The quantitative estimate of drug-likeness (QED) is 0.364. The predicted molar refractivity (Wildman–Crippen MR) is 128 cm³/mol. The average Bonchev–Trinajstić information content (AvgIpc) is 3.34. The molecule has 0 saturated carbocycles. The SMILES string of the molecule is CCCC1CC(c2ccc(-c3ccc(Nc4nc5ccccc5n4C)cc3)cc2)OC1=O. The number of carbonyl (C=O) groups excluding carboxylic acids is 1. The van der Waals surface area contributed by atoms with Crippen LogP contribution in [0.2, 0.25) is 0 Å². The summed E-state index contributed by atoms with van der Waals surface area (Å²) in [5.74, 6) is 0.807. The van der Waals surface area contributed by atoms with E-state index >= 15 is 0 Å². The Balaban J connectivity index is 1.29. The molecule has 0 bridgehead atoms. The fourth-order valence-corrected chi connectivity index (χ4v) is 4.45. The lowest BCUT2D eigenvalue weighted by Gasteiger charge is -2.11. The Kier molecular flexibility index (Phi) is 5.39. The van der Waals surface area contributed by atoms with E-state index in [0.29, 0.717) is 0 Å². The van der Waals surface area contributed by atoms with Crippen LogP contribution in [0.1, 0.15) is 37.9 Å². The van der Waals surface area contributed by atoms with Gasteiger partial charge in [-0.15, -0.1) is 0 Å². The van der Waals surface area contributed by atoms with Gasteiger partial charge in [-0.05, 0) is 47.4 Å². The van der Waals surface area contributed by atoms with Crippen LogP contribution in [0.25, 0.3) is 22.2 Å². The van der Waals surface area contributed by atoms with Gasteiger partial charge in [0.05, 0.1) is 17.0 Å². The van der Waals surface area contributed by atoms with Crippen LogP contribution in [0, 0.1) is 5.92 Å². The maximum Gasteiger partial charge on any atom is 0.309 e. The summed E-state index contributed by atoms with van der Waals surface area (Å²) in [5.41, 5.74) is 6.41. The molecular weight excluding hydrogens is 398 g/mol. The molecule has 0 amide bonds. The largest absolute Gasteiger partial charge is 0.457 e. The first-order valence-electron chi connectivity index (χ1n) is 11.2. The summed E-state index contributed by atoms with van der Waals surface area (Å²) in [7, 11) is 2.01. The Labute approximate surface area is 188 Å². The summed E-state index contributed by atoms with van der Waals surface area (Å²) < 4.78 is 7.67. The lowest BCUT2D eigenvalue weighted by atomic mass is 9.95. The van der Waals surface area contributed by atoms with E-state index in [1.54, 1.807) is 0 Å². The molecule has 0 aliphatic carbocycles. The van der Waals surface area contributed by atoms with Gasteiger partial charge in [0, 0.05) is 19.2 Å². The van der Waals surface area contributed by atoms with Gasteiger partial charge in [-0.2, -0.15) is 0 Å². The number of benzene rings is 3. The van der Waals surface area contributed by atoms with Gasteiger partial charge >= 0.3 is 5.97 Å². The highest BCUT2D eigenvalue weighted by molar-refractivity contribution is 5.79. The van der Waals surface area contributed by atoms with E-state index in [1.165, 1.54) is 0 Å². The van der Waals surface area contributed by atoms with E-state index in [-0.39, 0.29) is 18.0 Å². The third-order valence-corrected chi connectivity index (χ3v) is 6.27. The summed E-state index contributed by atoms with van der Waals surface area (Å²) in [5, 5.41) is 3.41. The van der Waals surface area contributed by atoms with Crippen LogP contribution in [-0.4, -0.2) is 15.5 Å². The second kappa shape index (κ2) is 8.50. The number of para-hydroxylation sites is 2. The normalized spacial score (nSPS) is 18.1. The van der Waals surface area contributed by atoms with Crippen molar-refractivity contribution in [3.05, 3.63) is 78.4 Å². The van der Waals surface area contributed by atoms with Crippen molar-refractivity contribution < 1.29 is 9.53 Å². The second-order valence-corrected chi connectivity index (χ2v) is 8.45. The molecule has 0 radical (unpaired) electrons. The number of fused-ring (bicyclic) bond motifs is 1. The molecule has 1 fully saturated rings. The van der Waals surface area contributed by atoms with Crippen molar-refractivity contribution in [2.24, 2.45) is 13.0 Å². The number of nitrogens with one attached hydrogen (secondary N) is 1. The van der Waals surface area contributed by atoms with Crippen LogP contribution in [-0.2, 0) is 16.6 Å². The van der Waals surface area contributed by atoms with Gasteiger partial charge in [-0.1, -0.05) is 61.9 Å². The maximum absolute atomic E-state index is 12.0. The Hall–Kier alpha value is -3.60. The molecule has 5 heteroatoms. The molecule has 0 spiro atoms. The third-order valence-electron chi connectivity index (χ3n) is 6.27. The number of hydrogen-bond donors (Lipinski definition) is 1. The fraction of sp³-hybridized carbons (Fsp3) is 0.259. The molecule has 4 aromatic rings. The molecule has 32 heavy (non-hydrogen) atoms. The summed E-state index contributed by atoms with van der Waals surface area (Å²) in [6.07, 6.45) is 2.58. The molecule has 3 aromatic carbocycles. The summed E-state index contributed by atoms with van der Waals surface area (Å²) >= 11 is 0. The molecular formula is C27H27N3O2. The van der Waals surface area contributed by atoms with E-state index < -0.39 is 0 Å². The lowest BCUT2D eigenvalue weighted by Crippen LogP contribution is -2.06. The zero-order valence-corrected chi connectivity index (χ0v) is 18.4. The van der Waals surface area contributed by atoms with Crippen LogP contribution in [0.5, 0.6) is 0 Å². The van der Waals surface area contributed by atoms with Gasteiger partial charge in [-0.3, -0.25) is 4.79 Å². The Morgan fingerprint density at radius 3 is 2.38 bits per heavy atom. The van der Waals surface area contributed by atoms with E-state index in [1.807, 2.05) is 25.2 Å². The molecule has 1 aromatic heterocycles. The van der Waals surface area contributed by atoms with Gasteiger partial charge in [0.2, 0.25) is 5.95 Å². The number of aryl methyl sites for hydroxylation is 1. The molecule has 2 heterocycles. The van der Waals surface area contributed by atoms with Gasteiger partial charge in [0.25, 0.3) is 0 Å². The van der Waals surface area contributed by atoms with Crippen molar-refractivity contribution in [2.75, 3.05) is 5.32 Å². The predicted octanol–water partition coefficient (Wildman–Crippen LogP) is 6.39. The van der Waals surface area contributed by atoms with Crippen molar-refractivity contribution >= 4 is 28.6 Å². The molecule has 1 aliphatic heterocycles. The van der Waals surface area contributed by atoms with Crippen molar-refractivity contribution in [3.63, 3.8) is 0 Å². The summed E-state index contributed by atoms with van der Waals surface area (Å²) in [6.45, 7) is 2.11. The Morgan fingerprint density at radius 2 is 1.69 bits per heavy atom. The van der Waals surface area contributed by atoms with E-state index in [0.717, 1.165) is 58.6 Å². The van der Waals surface area contributed by atoms with E-state index in [2.05, 4.69) is 76.4 Å². The Morgan fingerprint density at radius 1 is 1.00 bits per heavy atom.